The molecule has 0 aliphatic heterocycles. The fourth-order valence-corrected chi connectivity index (χ4v) is 0.272. The largest absolute Gasteiger partial charge is 1.00 e. The fourth-order valence-electron chi connectivity index (χ4n) is 0.272. The fraction of sp³-hybridized carbons (Fsp3) is 0.800. The van der Waals surface area contributed by atoms with Crippen molar-refractivity contribution in [3.63, 3.8) is 0 Å². The monoisotopic (exact) mass is 140 g/mol. The Hall–Kier alpha value is 0.430. The maximum absolute atomic E-state index is 9.78. The molecule has 48 valence electrons. The maximum Gasteiger partial charge on any atom is 1.00 e. The molecule has 4 heteroatoms. The molecule has 0 aromatic rings. The number of aliphatic hydroxyl groups excluding tert-OH is 1. The predicted molar refractivity (Wildman–Crippen MR) is 25.9 cm³/mol. The van der Waals surface area contributed by atoms with E-state index in [4.69, 9.17) is 5.11 Å². The predicted octanol–water partition coefficient (Wildman–Crippen LogP) is -4.24. The van der Waals surface area contributed by atoms with Gasteiger partial charge in [0.2, 0.25) is 0 Å². The molecule has 0 saturated heterocycles. The van der Waals surface area contributed by atoms with E-state index in [1.165, 1.54) is 0 Å². The van der Waals surface area contributed by atoms with Crippen molar-refractivity contribution in [1.29, 1.82) is 0 Å². The van der Waals surface area contributed by atoms with E-state index in [1.807, 2.05) is 0 Å². The van der Waals surface area contributed by atoms with Crippen LogP contribution in [0.3, 0.4) is 0 Å². The molecule has 0 aromatic carbocycles. The average molecular weight is 140 g/mol. The molecule has 0 saturated carbocycles. The molecular weight excluding hydrogens is 131 g/mol. The molecule has 1 atom stereocenters. The van der Waals surface area contributed by atoms with Crippen LogP contribution >= 0.6 is 0 Å². The summed E-state index contributed by atoms with van der Waals surface area (Å²) in [5.41, 5.74) is 0. The molecule has 0 fully saturated rings. The minimum Gasteiger partial charge on any atom is -0.547 e. The number of carboxylic acids is 1. The first-order valence-corrected chi connectivity index (χ1v) is 2.44. The van der Waals surface area contributed by atoms with E-state index < -0.39 is 12.1 Å². The first kappa shape index (κ1) is 12.1. The molecule has 0 bridgehead atoms. The number of hydrogen-bond acceptors (Lipinski definition) is 3. The molecular formula is C5H9NaO3. The molecule has 0 aliphatic carbocycles. The summed E-state index contributed by atoms with van der Waals surface area (Å²) >= 11 is 0. The Bertz CT molecular complexity index is 92.2. The SMILES string of the molecule is CC(C)[C@H](O)C(=O)[O-].[Na+]. The molecule has 0 spiro atoms. The molecule has 0 aliphatic rings. The Morgan fingerprint density at radius 2 is 1.89 bits per heavy atom. The summed E-state index contributed by atoms with van der Waals surface area (Å²) < 4.78 is 0. The van der Waals surface area contributed by atoms with Gasteiger partial charge in [0, 0.05) is 0 Å². The standard InChI is InChI=1S/C5H10O3.Na/c1-3(2)4(6)5(7)8;/h3-4,6H,1-2H3,(H,7,8);/q;+1/p-1/t4-;/m0./s1. The quantitative estimate of drug-likeness (QED) is 0.395. The van der Waals surface area contributed by atoms with Crippen molar-refractivity contribution in [3.05, 3.63) is 0 Å². The molecule has 0 rings (SSSR count). The van der Waals surface area contributed by atoms with E-state index in [0.717, 1.165) is 0 Å². The Labute approximate surface area is 76.4 Å². The summed E-state index contributed by atoms with van der Waals surface area (Å²) in [5, 5.41) is 18.3. The third-order valence-corrected chi connectivity index (χ3v) is 0.873. The third kappa shape index (κ3) is 4.90. The van der Waals surface area contributed by atoms with Crippen molar-refractivity contribution in [1.82, 2.24) is 0 Å². The van der Waals surface area contributed by atoms with Gasteiger partial charge in [0.15, 0.2) is 0 Å². The van der Waals surface area contributed by atoms with Crippen LogP contribution in [0.15, 0.2) is 0 Å². The van der Waals surface area contributed by atoms with Crippen LogP contribution < -0.4 is 34.7 Å². The van der Waals surface area contributed by atoms with Gasteiger partial charge < -0.3 is 15.0 Å². The van der Waals surface area contributed by atoms with Gasteiger partial charge in [0.05, 0.1) is 12.1 Å². The van der Waals surface area contributed by atoms with Crippen molar-refractivity contribution in [3.8, 4) is 0 Å². The Morgan fingerprint density at radius 1 is 1.56 bits per heavy atom. The zero-order valence-corrected chi connectivity index (χ0v) is 7.92. The summed E-state index contributed by atoms with van der Waals surface area (Å²) in [5.74, 6) is -1.67. The van der Waals surface area contributed by atoms with E-state index >= 15 is 0 Å². The van der Waals surface area contributed by atoms with E-state index in [0.29, 0.717) is 0 Å². The van der Waals surface area contributed by atoms with Crippen LogP contribution in [0.4, 0.5) is 0 Å². The van der Waals surface area contributed by atoms with Crippen molar-refractivity contribution >= 4 is 5.97 Å². The van der Waals surface area contributed by atoms with Gasteiger partial charge in [0.25, 0.3) is 0 Å². The minimum absolute atomic E-state index is 0. The number of aliphatic hydroxyl groups is 1. The topological polar surface area (TPSA) is 60.4 Å². The van der Waals surface area contributed by atoms with Gasteiger partial charge in [0.1, 0.15) is 0 Å². The number of carboxylic acid groups (broad SMARTS) is 1. The molecule has 3 nitrogen and oxygen atoms in total. The molecule has 0 radical (unpaired) electrons. The Balaban J connectivity index is 0. The number of carbonyl (C=O) groups is 1. The second-order valence-corrected chi connectivity index (χ2v) is 2.01. The summed E-state index contributed by atoms with van der Waals surface area (Å²) in [7, 11) is 0. The number of rotatable bonds is 2. The van der Waals surface area contributed by atoms with Crippen LogP contribution in [0.1, 0.15) is 13.8 Å². The van der Waals surface area contributed by atoms with E-state index in [9.17, 15) is 9.90 Å². The van der Waals surface area contributed by atoms with Gasteiger partial charge in [-0.15, -0.1) is 0 Å². The van der Waals surface area contributed by atoms with Crippen LogP contribution in [0.5, 0.6) is 0 Å². The second-order valence-electron chi connectivity index (χ2n) is 2.01. The molecule has 1 N–H and O–H groups in total. The van der Waals surface area contributed by atoms with Crippen molar-refractivity contribution in [2.45, 2.75) is 20.0 Å². The van der Waals surface area contributed by atoms with Crippen LogP contribution in [-0.4, -0.2) is 17.2 Å². The normalized spacial score (nSPS) is 12.4. The number of hydrogen-bond donors (Lipinski definition) is 1. The molecule has 0 unspecified atom stereocenters. The number of aliphatic carboxylic acids is 1. The van der Waals surface area contributed by atoms with Crippen LogP contribution in [0.25, 0.3) is 0 Å². The van der Waals surface area contributed by atoms with Crippen molar-refractivity contribution in [2.24, 2.45) is 5.92 Å². The Morgan fingerprint density at radius 3 is 1.89 bits per heavy atom. The molecule has 0 amide bonds. The minimum atomic E-state index is -1.40. The molecule has 0 aromatic heterocycles. The zero-order valence-electron chi connectivity index (χ0n) is 5.92. The van der Waals surface area contributed by atoms with Crippen molar-refractivity contribution in [2.75, 3.05) is 0 Å². The van der Waals surface area contributed by atoms with Gasteiger partial charge in [-0.3, -0.25) is 0 Å². The third-order valence-electron chi connectivity index (χ3n) is 0.873. The van der Waals surface area contributed by atoms with Gasteiger partial charge in [-0.2, -0.15) is 0 Å². The summed E-state index contributed by atoms with van der Waals surface area (Å²) in [6.07, 6.45) is -1.32. The maximum atomic E-state index is 9.78. The van der Waals surface area contributed by atoms with Crippen LogP contribution in [0.2, 0.25) is 0 Å². The number of carbonyl (C=O) groups excluding carboxylic acids is 1. The van der Waals surface area contributed by atoms with Gasteiger partial charge in [-0.1, -0.05) is 13.8 Å². The zero-order chi connectivity index (χ0) is 6.73. The summed E-state index contributed by atoms with van der Waals surface area (Å²) in [4.78, 5) is 9.78. The first-order valence-electron chi connectivity index (χ1n) is 2.44. The van der Waals surface area contributed by atoms with Gasteiger partial charge in [-0.25, -0.2) is 0 Å². The smallest absolute Gasteiger partial charge is 0.547 e. The first-order chi connectivity index (χ1) is 3.55. The summed E-state index contributed by atoms with van der Waals surface area (Å²) in [6.45, 7) is 3.22. The van der Waals surface area contributed by atoms with E-state index in [1.54, 1.807) is 13.8 Å². The van der Waals surface area contributed by atoms with E-state index in [-0.39, 0.29) is 35.5 Å². The second kappa shape index (κ2) is 5.23. The van der Waals surface area contributed by atoms with Gasteiger partial charge >= 0.3 is 29.6 Å². The van der Waals surface area contributed by atoms with E-state index in [2.05, 4.69) is 0 Å². The van der Waals surface area contributed by atoms with Crippen molar-refractivity contribution < 1.29 is 44.6 Å². The van der Waals surface area contributed by atoms with Crippen LogP contribution in [0, 0.1) is 5.92 Å². The molecule has 0 heterocycles. The van der Waals surface area contributed by atoms with Crippen LogP contribution in [-0.2, 0) is 4.79 Å². The molecule has 9 heavy (non-hydrogen) atoms. The average Bonchev–Trinajstić information content (AvgIpc) is 1.64. The summed E-state index contributed by atoms with van der Waals surface area (Å²) in [6, 6.07) is 0. The Kier molecular flexibility index (Phi) is 7.06. The van der Waals surface area contributed by atoms with Gasteiger partial charge in [-0.05, 0) is 5.92 Å².